The highest BCUT2D eigenvalue weighted by molar-refractivity contribution is 8.01. The first-order valence-electron chi connectivity index (χ1n) is 13.7. The highest BCUT2D eigenvalue weighted by Crippen LogP contribution is 2.51. The average molecular weight is 548 g/mol. The van der Waals surface area contributed by atoms with E-state index in [1.807, 2.05) is 31.2 Å². The summed E-state index contributed by atoms with van der Waals surface area (Å²) in [5.74, 6) is 0.527. The van der Waals surface area contributed by atoms with Crippen molar-refractivity contribution < 1.29 is 19.1 Å². The van der Waals surface area contributed by atoms with Gasteiger partial charge in [0.2, 0.25) is 11.8 Å². The molecule has 3 atom stereocenters. The van der Waals surface area contributed by atoms with Crippen molar-refractivity contribution in [3.8, 4) is 5.75 Å². The van der Waals surface area contributed by atoms with Gasteiger partial charge in [0.15, 0.2) is 0 Å². The molecule has 10 heteroatoms. The maximum Gasteiger partial charge on any atom is 0.327 e. The first kappa shape index (κ1) is 25.7. The van der Waals surface area contributed by atoms with E-state index in [0.717, 1.165) is 46.1 Å². The number of benzene rings is 1. The van der Waals surface area contributed by atoms with Gasteiger partial charge in [-0.3, -0.25) is 14.5 Å². The van der Waals surface area contributed by atoms with Crippen LogP contribution in [0.2, 0.25) is 0 Å². The minimum atomic E-state index is -0.545. The van der Waals surface area contributed by atoms with E-state index in [1.165, 1.54) is 37.1 Å². The van der Waals surface area contributed by atoms with Crippen LogP contribution >= 0.6 is 11.8 Å². The van der Waals surface area contributed by atoms with Crippen molar-refractivity contribution in [1.29, 1.82) is 0 Å². The number of nitrogens with one attached hydrogen (secondary N) is 2. The number of ether oxygens (including phenoxy) is 1. The maximum absolute atomic E-state index is 13.5. The summed E-state index contributed by atoms with van der Waals surface area (Å²) < 4.78 is 6.24. The molecule has 4 amide bonds. The van der Waals surface area contributed by atoms with E-state index >= 15 is 0 Å². The molecule has 2 unspecified atom stereocenters. The monoisotopic (exact) mass is 547 g/mol. The maximum atomic E-state index is 13.5. The van der Waals surface area contributed by atoms with Crippen LogP contribution in [0.1, 0.15) is 55.7 Å². The van der Waals surface area contributed by atoms with Crippen LogP contribution in [-0.2, 0) is 9.59 Å². The molecule has 0 radical (unpaired) electrons. The number of aryl methyl sites for hydroxylation is 1. The Morgan fingerprint density at radius 2 is 2.00 bits per heavy atom. The minimum absolute atomic E-state index is 0.133. The van der Waals surface area contributed by atoms with E-state index in [-0.39, 0.29) is 30.0 Å². The zero-order chi connectivity index (χ0) is 27.1. The standard InChI is InChI=1S/C29H33N5O4S/c1-3-23(35)33-14-12-18(16-33)31-27(36)26-25-24-22(11-13-30-28(24)39-26)34(29(37)32-25)21-10-9-20(15-17(21)2)38-19-7-5-4-6-8-19/h3,9-11,13,15,18-19,25-26H,1,4-8,12,14,16H2,2H3,(H,31,36)(H,32,37)/t18?,25?,26-/m1/s1. The molecule has 0 bridgehead atoms. The van der Waals surface area contributed by atoms with Gasteiger partial charge in [0, 0.05) is 30.9 Å². The number of hydrogen-bond donors (Lipinski definition) is 2. The molecular weight excluding hydrogens is 514 g/mol. The molecule has 1 aliphatic carbocycles. The van der Waals surface area contributed by atoms with Gasteiger partial charge in [-0.1, -0.05) is 24.8 Å². The fourth-order valence-corrected chi connectivity index (χ4v) is 7.32. The average Bonchev–Trinajstić information content (AvgIpc) is 3.55. The highest BCUT2D eigenvalue weighted by Gasteiger charge is 2.47. The summed E-state index contributed by atoms with van der Waals surface area (Å²) in [6, 6.07) is 6.81. The number of pyridine rings is 1. The molecule has 204 valence electrons. The molecule has 39 heavy (non-hydrogen) atoms. The summed E-state index contributed by atoms with van der Waals surface area (Å²) >= 11 is 1.37. The fraction of sp³-hybridized carbons (Fsp3) is 0.448. The molecule has 1 aromatic carbocycles. The number of rotatable bonds is 6. The second kappa shape index (κ2) is 10.6. The number of anilines is 2. The molecule has 1 saturated heterocycles. The fourth-order valence-electron chi connectivity index (χ4n) is 6.08. The number of hydrogen-bond acceptors (Lipinski definition) is 6. The van der Waals surface area contributed by atoms with Gasteiger partial charge in [0.05, 0.1) is 23.5 Å². The Balaban J connectivity index is 1.21. The smallest absolute Gasteiger partial charge is 0.327 e. The van der Waals surface area contributed by atoms with Gasteiger partial charge >= 0.3 is 6.03 Å². The van der Waals surface area contributed by atoms with E-state index in [0.29, 0.717) is 19.5 Å². The lowest BCUT2D eigenvalue weighted by atomic mass is 9.97. The van der Waals surface area contributed by atoms with Crippen LogP contribution in [0.15, 0.2) is 48.1 Å². The number of thioether (sulfide) groups is 1. The molecule has 3 aliphatic heterocycles. The number of carbonyl (C=O) groups is 3. The third-order valence-electron chi connectivity index (χ3n) is 8.05. The van der Waals surface area contributed by atoms with Crippen molar-refractivity contribution >= 4 is 41.0 Å². The van der Waals surface area contributed by atoms with Crippen molar-refractivity contribution in [2.24, 2.45) is 0 Å². The lowest BCUT2D eigenvalue weighted by Gasteiger charge is -2.35. The van der Waals surface area contributed by atoms with Crippen LogP contribution in [0.3, 0.4) is 0 Å². The molecule has 2 aromatic rings. The van der Waals surface area contributed by atoms with E-state index < -0.39 is 11.3 Å². The van der Waals surface area contributed by atoms with Gasteiger partial charge in [-0.15, -0.1) is 0 Å². The van der Waals surface area contributed by atoms with Gasteiger partial charge in [-0.25, -0.2) is 9.78 Å². The Bertz CT molecular complexity index is 1330. The molecule has 1 aromatic heterocycles. The normalized spacial score (nSPS) is 24.2. The topological polar surface area (TPSA) is 104 Å². The number of urea groups is 1. The molecular formula is C29H33N5O4S. The molecule has 4 heterocycles. The summed E-state index contributed by atoms with van der Waals surface area (Å²) in [6.07, 6.45) is 9.76. The quantitative estimate of drug-likeness (QED) is 0.521. The zero-order valence-electron chi connectivity index (χ0n) is 22.0. The molecule has 6 rings (SSSR count). The number of aromatic nitrogens is 1. The third kappa shape index (κ3) is 4.86. The lowest BCUT2D eigenvalue weighted by molar-refractivity contribution is -0.126. The molecule has 2 N–H and O–H groups in total. The lowest BCUT2D eigenvalue weighted by Crippen LogP contribution is -2.50. The predicted molar refractivity (Wildman–Crippen MR) is 149 cm³/mol. The Labute approximate surface area is 232 Å². The molecule has 0 spiro atoms. The summed E-state index contributed by atoms with van der Waals surface area (Å²) in [5, 5.41) is 6.36. The Kier molecular flexibility index (Phi) is 6.97. The minimum Gasteiger partial charge on any atom is -0.490 e. The van der Waals surface area contributed by atoms with Gasteiger partial charge in [-0.2, -0.15) is 0 Å². The van der Waals surface area contributed by atoms with Crippen LogP contribution in [0.5, 0.6) is 5.75 Å². The number of amides is 4. The second-order valence-corrected chi connectivity index (χ2v) is 11.8. The van der Waals surface area contributed by atoms with Crippen LogP contribution in [0, 0.1) is 6.92 Å². The van der Waals surface area contributed by atoms with E-state index in [9.17, 15) is 14.4 Å². The number of carbonyl (C=O) groups excluding carboxylic acids is 3. The summed E-state index contributed by atoms with van der Waals surface area (Å²) in [4.78, 5) is 46.7. The van der Waals surface area contributed by atoms with Crippen molar-refractivity contribution in [2.75, 3.05) is 18.0 Å². The third-order valence-corrected chi connectivity index (χ3v) is 9.34. The summed E-state index contributed by atoms with van der Waals surface area (Å²) in [5.41, 5.74) is 3.30. The van der Waals surface area contributed by atoms with Crippen LogP contribution in [-0.4, -0.2) is 58.2 Å². The van der Waals surface area contributed by atoms with Crippen LogP contribution in [0.4, 0.5) is 16.2 Å². The van der Waals surface area contributed by atoms with Gasteiger partial charge in [0.25, 0.3) is 0 Å². The van der Waals surface area contributed by atoms with Gasteiger partial charge in [0.1, 0.15) is 16.0 Å². The van der Waals surface area contributed by atoms with Crippen LogP contribution in [0.25, 0.3) is 0 Å². The molecule has 1 saturated carbocycles. The van der Waals surface area contributed by atoms with Crippen molar-refractivity contribution in [1.82, 2.24) is 20.5 Å². The Morgan fingerprint density at radius 3 is 2.77 bits per heavy atom. The zero-order valence-corrected chi connectivity index (χ0v) is 22.8. The second-order valence-electron chi connectivity index (χ2n) is 10.7. The highest BCUT2D eigenvalue weighted by atomic mass is 32.2. The first-order valence-corrected chi connectivity index (χ1v) is 14.6. The number of likely N-dealkylation sites (tertiary alicyclic amines) is 1. The number of nitrogens with zero attached hydrogens (tertiary/aromatic N) is 3. The van der Waals surface area contributed by atoms with Crippen molar-refractivity contribution in [3.63, 3.8) is 0 Å². The van der Waals surface area contributed by atoms with Crippen molar-refractivity contribution in [3.05, 3.63) is 54.2 Å². The largest absolute Gasteiger partial charge is 0.490 e. The predicted octanol–water partition coefficient (Wildman–Crippen LogP) is 4.38. The van der Waals surface area contributed by atoms with E-state index in [4.69, 9.17) is 4.74 Å². The van der Waals surface area contributed by atoms with Gasteiger partial charge in [-0.05, 0) is 74.9 Å². The molecule has 9 nitrogen and oxygen atoms in total. The van der Waals surface area contributed by atoms with Crippen molar-refractivity contribution in [2.45, 2.75) is 73.9 Å². The Hall–Kier alpha value is -3.53. The Morgan fingerprint density at radius 1 is 1.18 bits per heavy atom. The SMILES string of the molecule is C=CC(=O)N1CCC(NC(=O)[C@@H]2Sc3nccc4c3C2NC(=O)N4c2ccc(OC3CCCCC3)cc2C)C1. The summed E-state index contributed by atoms with van der Waals surface area (Å²) in [6.45, 7) is 6.56. The van der Waals surface area contributed by atoms with Crippen LogP contribution < -0.4 is 20.3 Å². The molecule has 4 aliphatic rings. The molecule has 2 fully saturated rings. The first-order chi connectivity index (χ1) is 18.9. The van der Waals surface area contributed by atoms with Gasteiger partial charge < -0.3 is 20.3 Å². The van der Waals surface area contributed by atoms with E-state index in [1.54, 1.807) is 16.0 Å². The van der Waals surface area contributed by atoms with E-state index in [2.05, 4.69) is 22.2 Å². The summed E-state index contributed by atoms with van der Waals surface area (Å²) in [7, 11) is 0.